The average Bonchev–Trinajstić information content (AvgIpc) is 3.14. The molecule has 3 aromatic rings. The minimum atomic E-state index is -1.17. The molecule has 3 rings (SSSR count). The van der Waals surface area contributed by atoms with Crippen molar-refractivity contribution in [2.24, 2.45) is 0 Å². The van der Waals surface area contributed by atoms with Crippen LogP contribution in [0.25, 0.3) is 11.3 Å². The summed E-state index contributed by atoms with van der Waals surface area (Å²) in [4.78, 5) is 23.1. The lowest BCUT2D eigenvalue weighted by atomic mass is 10.1. The molecule has 0 saturated heterocycles. The van der Waals surface area contributed by atoms with Crippen molar-refractivity contribution in [1.82, 2.24) is 5.32 Å². The number of carbonyl (C=O) groups excluding carboxylic acids is 1. The van der Waals surface area contributed by atoms with E-state index in [9.17, 15) is 9.59 Å². The van der Waals surface area contributed by atoms with Gasteiger partial charge in [-0.1, -0.05) is 29.8 Å². The van der Waals surface area contributed by atoms with Crippen LogP contribution >= 0.6 is 23.8 Å². The number of rotatable bonds is 4. The van der Waals surface area contributed by atoms with Gasteiger partial charge in [0.15, 0.2) is 5.11 Å². The molecule has 1 heterocycles. The lowest BCUT2D eigenvalue weighted by Gasteiger charge is -2.11. The van der Waals surface area contributed by atoms with Crippen LogP contribution in [-0.4, -0.2) is 22.1 Å². The van der Waals surface area contributed by atoms with Gasteiger partial charge in [0, 0.05) is 16.8 Å². The Bertz CT molecular complexity index is 1020. The normalized spacial score (nSPS) is 10.3. The number of anilines is 1. The molecule has 27 heavy (non-hydrogen) atoms. The number of thiocarbonyl (C=S) groups is 1. The van der Waals surface area contributed by atoms with Crippen LogP contribution in [0.3, 0.4) is 0 Å². The highest BCUT2D eigenvalue weighted by Gasteiger charge is 2.14. The van der Waals surface area contributed by atoms with E-state index in [1.54, 1.807) is 42.5 Å². The number of hydrogen-bond acceptors (Lipinski definition) is 4. The highest BCUT2D eigenvalue weighted by atomic mass is 35.5. The summed E-state index contributed by atoms with van der Waals surface area (Å²) in [6.07, 6.45) is 0. The molecule has 0 radical (unpaired) electrons. The SMILES string of the molecule is O=C(NC(=S)Nc1ccc(Cl)c(-c2ccc(C(=O)O)o2)c1)c1ccccc1. The third-order valence-electron chi connectivity index (χ3n) is 3.57. The maximum Gasteiger partial charge on any atom is 0.371 e. The van der Waals surface area contributed by atoms with E-state index in [1.165, 1.54) is 12.1 Å². The quantitative estimate of drug-likeness (QED) is 0.561. The van der Waals surface area contributed by atoms with Crippen molar-refractivity contribution in [2.45, 2.75) is 0 Å². The van der Waals surface area contributed by atoms with E-state index in [0.29, 0.717) is 27.6 Å². The number of benzene rings is 2. The molecule has 0 aliphatic rings. The van der Waals surface area contributed by atoms with Crippen molar-refractivity contribution in [3.63, 3.8) is 0 Å². The van der Waals surface area contributed by atoms with Gasteiger partial charge in [-0.05, 0) is 54.7 Å². The second-order valence-electron chi connectivity index (χ2n) is 5.44. The molecular weight excluding hydrogens is 388 g/mol. The number of hydrogen-bond donors (Lipinski definition) is 3. The van der Waals surface area contributed by atoms with Gasteiger partial charge in [-0.15, -0.1) is 0 Å². The molecular formula is C19H13ClN2O4S. The fourth-order valence-corrected chi connectivity index (χ4v) is 2.74. The molecule has 1 amide bonds. The zero-order valence-corrected chi connectivity index (χ0v) is 15.3. The molecule has 1 aromatic heterocycles. The number of carboxylic acid groups (broad SMARTS) is 1. The number of amides is 1. The van der Waals surface area contributed by atoms with E-state index in [4.69, 9.17) is 33.3 Å². The largest absolute Gasteiger partial charge is 0.475 e. The number of nitrogens with one attached hydrogen (secondary N) is 2. The Morgan fingerprint density at radius 3 is 2.44 bits per heavy atom. The highest BCUT2D eigenvalue weighted by molar-refractivity contribution is 7.80. The first kappa shape index (κ1) is 18.6. The second kappa shape index (κ2) is 8.03. The van der Waals surface area contributed by atoms with Crippen molar-refractivity contribution in [1.29, 1.82) is 0 Å². The molecule has 6 nitrogen and oxygen atoms in total. The summed E-state index contributed by atoms with van der Waals surface area (Å²) in [5.41, 5.74) is 1.53. The molecule has 0 bridgehead atoms. The number of carbonyl (C=O) groups is 2. The van der Waals surface area contributed by atoms with Crippen LogP contribution in [0, 0.1) is 0 Å². The number of furan rings is 1. The van der Waals surface area contributed by atoms with Gasteiger partial charge >= 0.3 is 5.97 Å². The molecule has 136 valence electrons. The van der Waals surface area contributed by atoms with Crippen LogP contribution in [0.1, 0.15) is 20.9 Å². The van der Waals surface area contributed by atoms with E-state index in [-0.39, 0.29) is 16.8 Å². The first-order chi connectivity index (χ1) is 12.9. The maximum atomic E-state index is 12.1. The van der Waals surface area contributed by atoms with Gasteiger partial charge in [-0.3, -0.25) is 10.1 Å². The van der Waals surface area contributed by atoms with Gasteiger partial charge < -0.3 is 14.8 Å². The topological polar surface area (TPSA) is 91.6 Å². The minimum Gasteiger partial charge on any atom is -0.475 e. The van der Waals surface area contributed by atoms with E-state index >= 15 is 0 Å². The molecule has 0 unspecified atom stereocenters. The van der Waals surface area contributed by atoms with Gasteiger partial charge in [-0.2, -0.15) is 0 Å². The van der Waals surface area contributed by atoms with E-state index in [2.05, 4.69) is 10.6 Å². The first-order valence-corrected chi connectivity index (χ1v) is 8.53. The monoisotopic (exact) mass is 400 g/mol. The Morgan fingerprint density at radius 1 is 1.04 bits per heavy atom. The van der Waals surface area contributed by atoms with Gasteiger partial charge in [-0.25, -0.2) is 4.79 Å². The Kier molecular flexibility index (Phi) is 5.54. The maximum absolute atomic E-state index is 12.1. The summed E-state index contributed by atoms with van der Waals surface area (Å²) >= 11 is 11.3. The molecule has 0 atom stereocenters. The van der Waals surface area contributed by atoms with Crippen molar-refractivity contribution in [3.8, 4) is 11.3 Å². The third-order valence-corrected chi connectivity index (χ3v) is 4.10. The van der Waals surface area contributed by atoms with E-state index in [0.717, 1.165) is 0 Å². The fraction of sp³-hybridized carbons (Fsp3) is 0. The molecule has 0 saturated carbocycles. The summed E-state index contributed by atoms with van der Waals surface area (Å²) in [5, 5.41) is 14.9. The standard InChI is InChI=1S/C19H13ClN2O4S/c20-14-7-6-12(10-13(14)15-8-9-16(26-15)18(24)25)21-19(27)22-17(23)11-4-2-1-3-5-11/h1-10H,(H,24,25)(H2,21,22,23,27). The predicted molar refractivity (Wildman–Crippen MR) is 106 cm³/mol. The van der Waals surface area contributed by atoms with Crippen molar-refractivity contribution in [3.05, 3.63) is 77.0 Å². The van der Waals surface area contributed by atoms with E-state index < -0.39 is 5.97 Å². The summed E-state index contributed by atoms with van der Waals surface area (Å²) in [7, 11) is 0. The van der Waals surface area contributed by atoms with Crippen molar-refractivity contribution >= 4 is 46.5 Å². The van der Waals surface area contributed by atoms with Gasteiger partial charge in [0.05, 0.1) is 5.02 Å². The molecule has 0 aliphatic carbocycles. The Labute approximate surface area is 164 Å². The Morgan fingerprint density at radius 2 is 1.78 bits per heavy atom. The summed E-state index contributed by atoms with van der Waals surface area (Å²) in [5.74, 6) is -1.39. The zero-order valence-electron chi connectivity index (χ0n) is 13.7. The van der Waals surface area contributed by atoms with Crippen LogP contribution < -0.4 is 10.6 Å². The minimum absolute atomic E-state index is 0.114. The number of aromatic carboxylic acids is 1. The van der Waals surface area contributed by atoms with Crippen LogP contribution in [0.2, 0.25) is 5.02 Å². The van der Waals surface area contributed by atoms with Crippen LogP contribution in [-0.2, 0) is 0 Å². The third kappa shape index (κ3) is 4.52. The molecule has 8 heteroatoms. The lowest BCUT2D eigenvalue weighted by molar-refractivity contribution is 0.0663. The van der Waals surface area contributed by atoms with Crippen LogP contribution in [0.4, 0.5) is 5.69 Å². The van der Waals surface area contributed by atoms with Gasteiger partial charge in [0.2, 0.25) is 5.76 Å². The molecule has 3 N–H and O–H groups in total. The fourth-order valence-electron chi connectivity index (χ4n) is 2.32. The predicted octanol–water partition coefficient (Wildman–Crippen LogP) is 4.43. The van der Waals surface area contributed by atoms with Crippen molar-refractivity contribution < 1.29 is 19.1 Å². The Balaban J connectivity index is 1.74. The molecule has 0 fully saturated rings. The second-order valence-corrected chi connectivity index (χ2v) is 6.25. The summed E-state index contributed by atoms with van der Waals surface area (Å²) in [6, 6.07) is 16.5. The number of carboxylic acids is 1. The van der Waals surface area contributed by atoms with E-state index in [1.807, 2.05) is 6.07 Å². The van der Waals surface area contributed by atoms with Gasteiger partial charge in [0.1, 0.15) is 5.76 Å². The summed E-state index contributed by atoms with van der Waals surface area (Å²) in [6.45, 7) is 0. The highest BCUT2D eigenvalue weighted by Crippen LogP contribution is 2.32. The van der Waals surface area contributed by atoms with Gasteiger partial charge in [0.25, 0.3) is 5.91 Å². The van der Waals surface area contributed by atoms with Crippen LogP contribution in [0.15, 0.2) is 65.1 Å². The summed E-state index contributed by atoms with van der Waals surface area (Å²) < 4.78 is 5.28. The number of halogens is 1. The average molecular weight is 401 g/mol. The molecule has 0 spiro atoms. The Hall–Kier alpha value is -3.16. The van der Waals surface area contributed by atoms with Crippen LogP contribution in [0.5, 0.6) is 0 Å². The molecule has 0 aliphatic heterocycles. The first-order valence-electron chi connectivity index (χ1n) is 7.74. The zero-order chi connectivity index (χ0) is 19.4. The van der Waals surface area contributed by atoms with Crippen molar-refractivity contribution in [2.75, 3.05) is 5.32 Å². The molecule has 2 aromatic carbocycles. The smallest absolute Gasteiger partial charge is 0.371 e. The lowest BCUT2D eigenvalue weighted by Crippen LogP contribution is -2.34.